The van der Waals surface area contributed by atoms with E-state index < -0.39 is 0 Å². The van der Waals surface area contributed by atoms with E-state index in [1.807, 2.05) is 17.0 Å². The third kappa shape index (κ3) is 2.93. The van der Waals surface area contributed by atoms with Gasteiger partial charge in [0.1, 0.15) is 12.9 Å². The predicted octanol–water partition coefficient (Wildman–Crippen LogP) is 3.09. The quantitative estimate of drug-likeness (QED) is 0.701. The van der Waals surface area contributed by atoms with Gasteiger partial charge in [0, 0.05) is 12.5 Å². The molecule has 1 aliphatic carbocycles. The van der Waals surface area contributed by atoms with Gasteiger partial charge in [0.25, 0.3) is 0 Å². The highest BCUT2D eigenvalue weighted by Gasteiger charge is 2.33. The first-order valence-corrected chi connectivity index (χ1v) is 9.63. The Morgan fingerprint density at radius 3 is 2.46 bits per heavy atom. The number of carbonyl (C=O) groups is 1. The predicted molar refractivity (Wildman–Crippen MR) is 103 cm³/mol. The lowest BCUT2D eigenvalue weighted by Crippen LogP contribution is -2.39. The van der Waals surface area contributed by atoms with Crippen LogP contribution in [0.2, 0.25) is 0 Å². The van der Waals surface area contributed by atoms with E-state index in [0.717, 1.165) is 12.8 Å². The molecule has 1 fully saturated rings. The topological polar surface area (TPSA) is 73.1 Å². The SMILES string of the molecule is O=C(OCC1c2ccccc2-c2ccccc21)N1CCC[C@H]1Cn1cnnn1. The van der Waals surface area contributed by atoms with Gasteiger partial charge in [0.05, 0.1) is 12.6 Å². The number of hydrogen-bond donors (Lipinski definition) is 0. The summed E-state index contributed by atoms with van der Waals surface area (Å²) in [5, 5.41) is 11.2. The number of hydrogen-bond acceptors (Lipinski definition) is 5. The highest BCUT2D eigenvalue weighted by atomic mass is 16.6. The van der Waals surface area contributed by atoms with E-state index in [0.29, 0.717) is 19.7 Å². The summed E-state index contributed by atoms with van der Waals surface area (Å²) in [5.41, 5.74) is 4.92. The maximum atomic E-state index is 12.8. The van der Waals surface area contributed by atoms with Gasteiger partial charge >= 0.3 is 6.09 Å². The van der Waals surface area contributed by atoms with Crippen LogP contribution in [0, 0.1) is 0 Å². The molecule has 0 unspecified atom stereocenters. The van der Waals surface area contributed by atoms with Crippen molar-refractivity contribution >= 4 is 6.09 Å². The molecule has 1 saturated heterocycles. The average Bonchev–Trinajstić information content (AvgIpc) is 3.46. The van der Waals surface area contributed by atoms with Crippen molar-refractivity contribution in [2.75, 3.05) is 13.2 Å². The molecule has 28 heavy (non-hydrogen) atoms. The summed E-state index contributed by atoms with van der Waals surface area (Å²) in [4.78, 5) is 14.6. The Bertz CT molecular complexity index is 942. The third-order valence-corrected chi connectivity index (χ3v) is 5.74. The monoisotopic (exact) mass is 375 g/mol. The van der Waals surface area contributed by atoms with Crippen molar-refractivity contribution in [2.45, 2.75) is 31.3 Å². The minimum atomic E-state index is -0.252. The van der Waals surface area contributed by atoms with Gasteiger partial charge < -0.3 is 9.64 Å². The van der Waals surface area contributed by atoms with Crippen LogP contribution in [0.25, 0.3) is 11.1 Å². The highest BCUT2D eigenvalue weighted by molar-refractivity contribution is 5.79. The van der Waals surface area contributed by atoms with E-state index >= 15 is 0 Å². The highest BCUT2D eigenvalue weighted by Crippen LogP contribution is 2.44. The van der Waals surface area contributed by atoms with Crippen molar-refractivity contribution in [3.05, 3.63) is 66.0 Å². The molecule has 1 aromatic heterocycles. The number of amides is 1. The first-order valence-electron chi connectivity index (χ1n) is 9.63. The van der Waals surface area contributed by atoms with Gasteiger partial charge in [-0.05, 0) is 45.5 Å². The van der Waals surface area contributed by atoms with Crippen LogP contribution in [-0.4, -0.2) is 50.4 Å². The van der Waals surface area contributed by atoms with Crippen molar-refractivity contribution in [2.24, 2.45) is 0 Å². The molecule has 7 nitrogen and oxygen atoms in total. The second-order valence-corrected chi connectivity index (χ2v) is 7.33. The van der Waals surface area contributed by atoms with Crippen molar-refractivity contribution in [3.63, 3.8) is 0 Å². The van der Waals surface area contributed by atoms with Gasteiger partial charge in [-0.15, -0.1) is 5.10 Å². The van der Waals surface area contributed by atoms with Gasteiger partial charge in [-0.2, -0.15) is 0 Å². The van der Waals surface area contributed by atoms with E-state index in [1.54, 1.807) is 11.0 Å². The molecule has 0 N–H and O–H groups in total. The lowest BCUT2D eigenvalue weighted by atomic mass is 9.98. The molecule has 1 amide bonds. The number of fused-ring (bicyclic) bond motifs is 3. The van der Waals surface area contributed by atoms with Crippen LogP contribution in [0.5, 0.6) is 0 Å². The molecule has 0 spiro atoms. The van der Waals surface area contributed by atoms with E-state index in [9.17, 15) is 4.79 Å². The normalized spacial score (nSPS) is 18.1. The first kappa shape index (κ1) is 16.9. The van der Waals surface area contributed by atoms with Crippen LogP contribution in [0.3, 0.4) is 0 Å². The van der Waals surface area contributed by atoms with Gasteiger partial charge in [-0.25, -0.2) is 9.48 Å². The minimum absolute atomic E-state index is 0.0687. The number of ether oxygens (including phenoxy) is 1. The van der Waals surface area contributed by atoms with Crippen LogP contribution < -0.4 is 0 Å². The fourth-order valence-electron chi connectivity index (χ4n) is 4.42. The minimum Gasteiger partial charge on any atom is -0.448 e. The Hall–Kier alpha value is -3.22. The maximum Gasteiger partial charge on any atom is 0.410 e. The first-order chi connectivity index (χ1) is 13.8. The summed E-state index contributed by atoms with van der Waals surface area (Å²) < 4.78 is 7.47. The van der Waals surface area contributed by atoms with Gasteiger partial charge in [-0.3, -0.25) is 0 Å². The smallest absolute Gasteiger partial charge is 0.410 e. The maximum absolute atomic E-state index is 12.8. The van der Waals surface area contributed by atoms with Crippen LogP contribution in [-0.2, 0) is 11.3 Å². The molecular weight excluding hydrogens is 354 g/mol. The Morgan fingerprint density at radius 2 is 1.79 bits per heavy atom. The molecule has 0 bridgehead atoms. The van der Waals surface area contributed by atoms with Crippen molar-refractivity contribution in [3.8, 4) is 11.1 Å². The number of likely N-dealkylation sites (tertiary alicyclic amines) is 1. The van der Waals surface area contributed by atoms with E-state index in [1.165, 1.54) is 22.3 Å². The van der Waals surface area contributed by atoms with Crippen molar-refractivity contribution < 1.29 is 9.53 Å². The summed E-state index contributed by atoms with van der Waals surface area (Å²) in [5.74, 6) is 0.0805. The zero-order chi connectivity index (χ0) is 18.9. The van der Waals surface area contributed by atoms with Crippen molar-refractivity contribution in [1.82, 2.24) is 25.1 Å². The molecular formula is C21H21N5O2. The molecule has 7 heteroatoms. The molecule has 5 rings (SSSR count). The summed E-state index contributed by atoms with van der Waals surface area (Å²) in [6.45, 7) is 1.65. The summed E-state index contributed by atoms with van der Waals surface area (Å²) in [7, 11) is 0. The summed E-state index contributed by atoms with van der Waals surface area (Å²) in [6.07, 6.45) is 3.23. The van der Waals surface area contributed by atoms with Crippen LogP contribution in [0.4, 0.5) is 4.79 Å². The largest absolute Gasteiger partial charge is 0.448 e. The Kier molecular flexibility index (Phi) is 4.27. The molecule has 0 saturated carbocycles. The zero-order valence-electron chi connectivity index (χ0n) is 15.4. The Labute approximate surface area is 162 Å². The van der Waals surface area contributed by atoms with E-state index in [2.05, 4.69) is 51.9 Å². The molecule has 2 aliphatic rings. The van der Waals surface area contributed by atoms with E-state index in [4.69, 9.17) is 4.74 Å². The molecule has 3 aromatic rings. The third-order valence-electron chi connectivity index (χ3n) is 5.74. The fraction of sp³-hybridized carbons (Fsp3) is 0.333. The molecule has 2 heterocycles. The van der Waals surface area contributed by atoms with Gasteiger partial charge in [0.2, 0.25) is 0 Å². The van der Waals surface area contributed by atoms with Crippen LogP contribution >= 0.6 is 0 Å². The van der Waals surface area contributed by atoms with Crippen molar-refractivity contribution in [1.29, 1.82) is 0 Å². The van der Waals surface area contributed by atoms with Crippen LogP contribution in [0.1, 0.15) is 29.9 Å². The summed E-state index contributed by atoms with van der Waals surface area (Å²) in [6, 6.07) is 16.8. The number of nitrogens with zero attached hydrogens (tertiary/aromatic N) is 5. The summed E-state index contributed by atoms with van der Waals surface area (Å²) >= 11 is 0. The molecule has 2 aromatic carbocycles. The lowest BCUT2D eigenvalue weighted by Gasteiger charge is -2.24. The Morgan fingerprint density at radius 1 is 1.07 bits per heavy atom. The number of rotatable bonds is 4. The fourth-order valence-corrected chi connectivity index (χ4v) is 4.42. The molecule has 1 atom stereocenters. The standard InChI is InChI=1S/C21H21N5O2/c27-21(26-11-5-6-15(26)12-25-14-22-23-24-25)28-13-20-18-9-3-1-7-16(18)17-8-2-4-10-19(17)20/h1-4,7-10,14-15,20H,5-6,11-13H2/t15-/m0/s1. The lowest BCUT2D eigenvalue weighted by molar-refractivity contribution is 0.0922. The molecule has 0 radical (unpaired) electrons. The number of carbonyl (C=O) groups excluding carboxylic acids is 1. The molecule has 1 aliphatic heterocycles. The second kappa shape index (κ2) is 7.07. The average molecular weight is 375 g/mol. The number of benzene rings is 2. The van der Waals surface area contributed by atoms with Crippen LogP contribution in [0.15, 0.2) is 54.9 Å². The second-order valence-electron chi connectivity index (χ2n) is 7.33. The Balaban J connectivity index is 1.30. The zero-order valence-corrected chi connectivity index (χ0v) is 15.4. The number of aromatic nitrogens is 4. The van der Waals surface area contributed by atoms with Gasteiger partial charge in [0.15, 0.2) is 0 Å². The molecule has 142 valence electrons. The number of tetrazole rings is 1. The van der Waals surface area contributed by atoms with Gasteiger partial charge in [-0.1, -0.05) is 48.5 Å². The van der Waals surface area contributed by atoms with E-state index in [-0.39, 0.29) is 18.1 Å².